The van der Waals surface area contributed by atoms with Gasteiger partial charge in [0.1, 0.15) is 19.3 Å². The van der Waals surface area contributed by atoms with Crippen LogP contribution in [0.3, 0.4) is 0 Å². The Kier molecular flexibility index (Phi) is 56.4. The standard InChI is InChI=1S/C64H124O17P2/c1-6-10-13-16-18-19-20-23-27-30-34-38-43-48-62(67)75-54-60(81-64(69)50-45-40-35-31-28-25-22-21-24-26-29-33-37-41-46-57(5)9-4)56-79-83(72,73)77-52-58(65)51-76-82(70,71)78-55-59(53-74-61(66)47-42-36-15-12-8-3)80-63(68)49-44-39-32-17-14-11-7-2/h57-60,65H,6-56H2,1-5H3,(H,70,71)(H,72,73)/t57?,58-,59+,60+/m0/s1. The largest absolute Gasteiger partial charge is 0.472 e. The molecule has 0 aromatic carbocycles. The monoisotopic (exact) mass is 1230 g/mol. The normalized spacial score (nSPS) is 14.6. The number of carbonyl (C=O) groups is 4. The van der Waals surface area contributed by atoms with Crippen LogP contribution in [0, 0.1) is 5.92 Å². The number of unbranched alkanes of at least 4 members (excludes halogenated alkanes) is 35. The molecule has 0 aliphatic heterocycles. The van der Waals surface area contributed by atoms with Gasteiger partial charge in [-0.3, -0.25) is 37.3 Å². The smallest absolute Gasteiger partial charge is 0.462 e. The average molecular weight is 1230 g/mol. The summed E-state index contributed by atoms with van der Waals surface area (Å²) in [5.41, 5.74) is 0. The Morgan fingerprint density at radius 3 is 0.855 bits per heavy atom. The lowest BCUT2D eigenvalue weighted by molar-refractivity contribution is -0.161. The van der Waals surface area contributed by atoms with E-state index in [1.165, 1.54) is 128 Å². The van der Waals surface area contributed by atoms with Gasteiger partial charge in [0, 0.05) is 25.7 Å². The van der Waals surface area contributed by atoms with Crippen molar-refractivity contribution in [3.8, 4) is 0 Å². The van der Waals surface area contributed by atoms with E-state index in [1.807, 2.05) is 0 Å². The van der Waals surface area contributed by atoms with Gasteiger partial charge in [0.25, 0.3) is 0 Å². The number of rotatable bonds is 64. The summed E-state index contributed by atoms with van der Waals surface area (Å²) in [6, 6.07) is 0. The average Bonchev–Trinajstić information content (AvgIpc) is 3.46. The highest BCUT2D eigenvalue weighted by atomic mass is 31.2. The van der Waals surface area contributed by atoms with Crippen LogP contribution >= 0.6 is 15.6 Å². The summed E-state index contributed by atoms with van der Waals surface area (Å²) < 4.78 is 67.7. The highest BCUT2D eigenvalue weighted by molar-refractivity contribution is 7.47. The Morgan fingerprint density at radius 2 is 0.578 bits per heavy atom. The molecule has 0 aliphatic carbocycles. The van der Waals surface area contributed by atoms with Gasteiger partial charge in [-0.2, -0.15) is 0 Å². The molecule has 0 fully saturated rings. The second-order valence-electron chi connectivity index (χ2n) is 23.4. The molecule has 19 heteroatoms. The quantitative estimate of drug-likeness (QED) is 0.0222. The molecular weight excluding hydrogens is 1100 g/mol. The maximum atomic E-state index is 13.0. The molecule has 3 unspecified atom stereocenters. The van der Waals surface area contributed by atoms with E-state index >= 15 is 0 Å². The van der Waals surface area contributed by atoms with Gasteiger partial charge in [-0.1, -0.05) is 272 Å². The number of ether oxygens (including phenoxy) is 4. The maximum absolute atomic E-state index is 13.0. The van der Waals surface area contributed by atoms with E-state index in [2.05, 4.69) is 34.6 Å². The van der Waals surface area contributed by atoms with Gasteiger partial charge in [0.2, 0.25) is 0 Å². The number of aliphatic hydroxyl groups excluding tert-OH is 1. The molecule has 0 aromatic heterocycles. The number of phosphoric ester groups is 2. The third kappa shape index (κ3) is 57.6. The van der Waals surface area contributed by atoms with Crippen LogP contribution in [-0.4, -0.2) is 96.7 Å². The van der Waals surface area contributed by atoms with Crippen molar-refractivity contribution in [1.29, 1.82) is 0 Å². The molecule has 83 heavy (non-hydrogen) atoms. The predicted molar refractivity (Wildman–Crippen MR) is 331 cm³/mol. The second-order valence-corrected chi connectivity index (χ2v) is 26.3. The topological polar surface area (TPSA) is 237 Å². The Balaban J connectivity index is 5.13. The van der Waals surface area contributed by atoms with E-state index < -0.39 is 97.5 Å². The molecular formula is C64H124O17P2. The number of carbonyl (C=O) groups excluding carboxylic acids is 4. The van der Waals surface area contributed by atoms with Gasteiger partial charge in [-0.15, -0.1) is 0 Å². The third-order valence-electron chi connectivity index (χ3n) is 15.1. The summed E-state index contributed by atoms with van der Waals surface area (Å²) in [5, 5.41) is 10.5. The fourth-order valence-electron chi connectivity index (χ4n) is 9.55. The van der Waals surface area contributed by atoms with Crippen molar-refractivity contribution in [1.82, 2.24) is 0 Å². The van der Waals surface area contributed by atoms with Crippen LogP contribution in [0.4, 0.5) is 0 Å². The number of esters is 4. The molecule has 0 aliphatic rings. The van der Waals surface area contributed by atoms with Gasteiger partial charge in [0.15, 0.2) is 12.2 Å². The van der Waals surface area contributed by atoms with Crippen LogP contribution in [0.25, 0.3) is 0 Å². The van der Waals surface area contributed by atoms with Crippen molar-refractivity contribution in [2.24, 2.45) is 5.92 Å². The number of hydrogen-bond acceptors (Lipinski definition) is 15. The van der Waals surface area contributed by atoms with Gasteiger partial charge in [0.05, 0.1) is 26.4 Å². The fraction of sp³-hybridized carbons (Fsp3) is 0.938. The zero-order valence-electron chi connectivity index (χ0n) is 53.3. The van der Waals surface area contributed by atoms with Crippen molar-refractivity contribution >= 4 is 39.5 Å². The zero-order valence-corrected chi connectivity index (χ0v) is 55.1. The Morgan fingerprint density at radius 1 is 0.337 bits per heavy atom. The predicted octanol–water partition coefficient (Wildman–Crippen LogP) is 17.8. The summed E-state index contributed by atoms with van der Waals surface area (Å²) in [6.45, 7) is 7.12. The Hall–Kier alpha value is -1.94. The van der Waals surface area contributed by atoms with Crippen LogP contribution in [-0.2, 0) is 65.4 Å². The number of hydrogen-bond donors (Lipinski definition) is 3. The lowest BCUT2D eigenvalue weighted by Crippen LogP contribution is -2.30. The van der Waals surface area contributed by atoms with E-state index in [9.17, 15) is 43.2 Å². The molecule has 0 amide bonds. The van der Waals surface area contributed by atoms with Gasteiger partial charge in [-0.05, 0) is 31.6 Å². The minimum Gasteiger partial charge on any atom is -0.462 e. The summed E-state index contributed by atoms with van der Waals surface area (Å²) in [4.78, 5) is 71.8. The highest BCUT2D eigenvalue weighted by Gasteiger charge is 2.30. The van der Waals surface area contributed by atoms with Crippen molar-refractivity contribution in [3.05, 3.63) is 0 Å². The van der Waals surface area contributed by atoms with Crippen molar-refractivity contribution in [2.75, 3.05) is 39.6 Å². The third-order valence-corrected chi connectivity index (χ3v) is 17.0. The highest BCUT2D eigenvalue weighted by Crippen LogP contribution is 2.45. The van der Waals surface area contributed by atoms with Gasteiger partial charge in [-0.25, -0.2) is 9.13 Å². The molecule has 0 saturated heterocycles. The van der Waals surface area contributed by atoms with Crippen molar-refractivity contribution < 1.29 is 80.2 Å². The first kappa shape index (κ1) is 81.1. The first-order valence-electron chi connectivity index (χ1n) is 33.7. The van der Waals surface area contributed by atoms with Crippen LogP contribution in [0.2, 0.25) is 0 Å². The van der Waals surface area contributed by atoms with E-state index in [-0.39, 0.29) is 25.7 Å². The molecule has 6 atom stereocenters. The lowest BCUT2D eigenvalue weighted by atomic mass is 9.99. The summed E-state index contributed by atoms with van der Waals surface area (Å²) >= 11 is 0. The van der Waals surface area contributed by atoms with Gasteiger partial charge < -0.3 is 33.8 Å². The first-order chi connectivity index (χ1) is 40.1. The lowest BCUT2D eigenvalue weighted by Gasteiger charge is -2.21. The molecule has 3 N–H and O–H groups in total. The van der Waals surface area contributed by atoms with Crippen molar-refractivity contribution in [2.45, 2.75) is 342 Å². The van der Waals surface area contributed by atoms with Crippen molar-refractivity contribution in [3.63, 3.8) is 0 Å². The maximum Gasteiger partial charge on any atom is 0.472 e. The van der Waals surface area contributed by atoms with Crippen LogP contribution in [0.1, 0.15) is 324 Å². The summed E-state index contributed by atoms with van der Waals surface area (Å²) in [5.74, 6) is -1.30. The number of aliphatic hydroxyl groups is 1. The molecule has 0 saturated carbocycles. The molecule has 0 aromatic rings. The molecule has 0 rings (SSSR count). The molecule has 0 heterocycles. The number of phosphoric acid groups is 2. The molecule has 17 nitrogen and oxygen atoms in total. The van der Waals surface area contributed by atoms with E-state index in [4.69, 9.17) is 37.0 Å². The SMILES string of the molecule is CCCCCCCCCCCCCCCC(=O)OC[C@H](COP(=O)(O)OC[C@@H](O)COP(=O)(O)OC[C@@H](COC(=O)CCCCCCC)OC(=O)CCCCCCCCC)OC(=O)CCCCCCCCCCCCCCCCC(C)CC. The van der Waals surface area contributed by atoms with Gasteiger partial charge >= 0.3 is 39.5 Å². The zero-order chi connectivity index (χ0) is 61.3. The van der Waals surface area contributed by atoms with E-state index in [0.29, 0.717) is 25.7 Å². The molecule has 0 radical (unpaired) electrons. The van der Waals surface area contributed by atoms with Crippen LogP contribution in [0.5, 0.6) is 0 Å². The Bertz CT molecular complexity index is 1620. The van der Waals surface area contributed by atoms with E-state index in [1.54, 1.807) is 0 Å². The molecule has 0 spiro atoms. The fourth-order valence-corrected chi connectivity index (χ4v) is 11.1. The van der Waals surface area contributed by atoms with E-state index in [0.717, 1.165) is 115 Å². The van der Waals surface area contributed by atoms with Crippen LogP contribution in [0.15, 0.2) is 0 Å². The molecule has 0 bridgehead atoms. The second kappa shape index (κ2) is 57.8. The summed E-state index contributed by atoms with van der Waals surface area (Å²) in [6.07, 6.45) is 42.1. The minimum absolute atomic E-state index is 0.103. The first-order valence-corrected chi connectivity index (χ1v) is 36.7. The summed E-state index contributed by atoms with van der Waals surface area (Å²) in [7, 11) is -9.87. The minimum atomic E-state index is -4.94. The van der Waals surface area contributed by atoms with Crippen LogP contribution < -0.4 is 0 Å². The Labute approximate surface area is 505 Å². The molecule has 492 valence electrons.